The van der Waals surface area contributed by atoms with Crippen LogP contribution in [0.5, 0.6) is 0 Å². The van der Waals surface area contributed by atoms with E-state index in [1.807, 2.05) is 41.5 Å². The predicted octanol–water partition coefficient (Wildman–Crippen LogP) is 2.95. The van der Waals surface area contributed by atoms with Gasteiger partial charge >= 0.3 is 0 Å². The van der Waals surface area contributed by atoms with E-state index >= 15 is 0 Å². The third kappa shape index (κ3) is 4.48. The lowest BCUT2D eigenvalue weighted by Crippen LogP contribution is -2.40. The lowest BCUT2D eigenvalue weighted by atomic mass is 9.70. The van der Waals surface area contributed by atoms with Gasteiger partial charge in [0.2, 0.25) is 0 Å². The lowest BCUT2D eigenvalue weighted by molar-refractivity contribution is -0.141. The van der Waals surface area contributed by atoms with E-state index in [4.69, 9.17) is 0 Å². The molecule has 4 nitrogen and oxygen atoms in total. The van der Waals surface area contributed by atoms with Crippen molar-refractivity contribution in [2.75, 3.05) is 0 Å². The van der Waals surface area contributed by atoms with Crippen molar-refractivity contribution in [1.29, 1.82) is 0 Å². The van der Waals surface area contributed by atoms with E-state index in [0.29, 0.717) is 31.5 Å². The first-order chi connectivity index (χ1) is 9.86. The van der Waals surface area contributed by atoms with Gasteiger partial charge in [-0.05, 0) is 12.8 Å². The van der Waals surface area contributed by atoms with Crippen molar-refractivity contribution in [3.63, 3.8) is 0 Å². The quantitative estimate of drug-likeness (QED) is 0.746. The molecule has 0 saturated heterocycles. The maximum atomic E-state index is 11.5. The second-order valence-electron chi connectivity index (χ2n) is 8.31. The van der Waals surface area contributed by atoms with Crippen molar-refractivity contribution in [1.82, 2.24) is 0 Å². The molecule has 0 spiro atoms. The van der Waals surface area contributed by atoms with Gasteiger partial charge in [-0.2, -0.15) is 0 Å². The van der Waals surface area contributed by atoms with Gasteiger partial charge in [0.05, 0.1) is 6.10 Å². The molecule has 2 aliphatic rings. The fraction of sp³-hybridized carbons (Fsp3) is 0.833. The number of Topliss-reactive ketones (excluding diaryl/α,β-unsaturated/α-hetero) is 3. The topological polar surface area (TPSA) is 71.4 Å². The van der Waals surface area contributed by atoms with Crippen molar-refractivity contribution in [3.05, 3.63) is 0 Å². The smallest absolute Gasteiger partial charge is 0.142 e. The van der Waals surface area contributed by atoms with Crippen LogP contribution in [0.3, 0.4) is 0 Å². The Kier molecular flexibility index (Phi) is 5.71. The first-order valence-electron chi connectivity index (χ1n) is 8.15. The van der Waals surface area contributed by atoms with Gasteiger partial charge in [-0.15, -0.1) is 0 Å². The summed E-state index contributed by atoms with van der Waals surface area (Å²) in [5, 5.41) is 9.38. The summed E-state index contributed by atoms with van der Waals surface area (Å²) in [7, 11) is 0. The number of aliphatic hydroxyl groups excluding tert-OH is 1. The largest absolute Gasteiger partial charge is 0.393 e. The van der Waals surface area contributed by atoms with E-state index in [0.717, 1.165) is 0 Å². The molecule has 2 aliphatic carbocycles. The van der Waals surface area contributed by atoms with Gasteiger partial charge in [-0.1, -0.05) is 41.5 Å². The average Bonchev–Trinajstić information content (AvgIpc) is 2.32. The average molecular weight is 310 g/mol. The SMILES string of the molecule is CC1CC(=O)CC(C)(C)C1=O.CC1CC(O)CC(C)(C)C1=O. The number of rotatable bonds is 0. The van der Waals surface area contributed by atoms with Gasteiger partial charge in [0.25, 0.3) is 0 Å². The third-order valence-electron chi connectivity index (χ3n) is 4.77. The van der Waals surface area contributed by atoms with Gasteiger partial charge in [0, 0.05) is 35.5 Å². The van der Waals surface area contributed by atoms with Crippen LogP contribution in [-0.4, -0.2) is 28.6 Å². The molecule has 3 unspecified atom stereocenters. The Balaban J connectivity index is 0.000000220. The van der Waals surface area contributed by atoms with Crippen molar-refractivity contribution >= 4 is 17.3 Å². The van der Waals surface area contributed by atoms with Crippen molar-refractivity contribution < 1.29 is 19.5 Å². The molecule has 1 N–H and O–H groups in total. The number of hydrogen-bond acceptors (Lipinski definition) is 4. The Labute approximate surface area is 133 Å². The maximum absolute atomic E-state index is 11.5. The molecule has 2 saturated carbocycles. The highest BCUT2D eigenvalue weighted by atomic mass is 16.3. The van der Waals surface area contributed by atoms with Gasteiger partial charge in [-0.3, -0.25) is 14.4 Å². The molecule has 0 aromatic rings. The Morgan fingerprint density at radius 1 is 0.909 bits per heavy atom. The number of carbonyl (C=O) groups is 3. The standard InChI is InChI=1S/C9H16O2.C9H14O2/c2*1-6-4-7(10)5-9(2,3)8(6)11/h6-7,10H,4-5H2,1-3H3;6H,4-5H2,1-3H3. The second kappa shape index (κ2) is 6.61. The second-order valence-corrected chi connectivity index (χ2v) is 8.31. The zero-order valence-electron chi connectivity index (χ0n) is 14.7. The Morgan fingerprint density at radius 3 is 1.86 bits per heavy atom. The summed E-state index contributed by atoms with van der Waals surface area (Å²) in [5.74, 6) is 0.724. The van der Waals surface area contributed by atoms with Gasteiger partial charge in [-0.25, -0.2) is 0 Å². The molecule has 2 rings (SSSR count). The zero-order chi connectivity index (χ0) is 17.3. The Bertz CT molecular complexity index is 462. The molecule has 22 heavy (non-hydrogen) atoms. The van der Waals surface area contributed by atoms with Crippen LogP contribution >= 0.6 is 0 Å². The maximum Gasteiger partial charge on any atom is 0.142 e. The van der Waals surface area contributed by atoms with Crippen LogP contribution in [0.4, 0.5) is 0 Å². The van der Waals surface area contributed by atoms with Crippen LogP contribution in [0.2, 0.25) is 0 Å². The molecule has 126 valence electrons. The van der Waals surface area contributed by atoms with Crippen LogP contribution in [0.25, 0.3) is 0 Å². The van der Waals surface area contributed by atoms with Gasteiger partial charge in [0.15, 0.2) is 0 Å². The van der Waals surface area contributed by atoms with Crippen LogP contribution in [0.1, 0.15) is 67.2 Å². The van der Waals surface area contributed by atoms with E-state index in [-0.39, 0.29) is 34.9 Å². The number of aliphatic hydroxyl groups is 1. The highest BCUT2D eigenvalue weighted by molar-refractivity contribution is 5.98. The summed E-state index contributed by atoms with van der Waals surface area (Å²) < 4.78 is 0. The molecule has 0 amide bonds. The fourth-order valence-electron chi connectivity index (χ4n) is 3.71. The summed E-state index contributed by atoms with van der Waals surface area (Å²) in [6, 6.07) is 0. The molecule has 0 aromatic heterocycles. The van der Waals surface area contributed by atoms with Gasteiger partial charge in [0.1, 0.15) is 17.3 Å². The minimum Gasteiger partial charge on any atom is -0.393 e. The molecule has 0 aliphatic heterocycles. The molecule has 0 radical (unpaired) electrons. The summed E-state index contributed by atoms with van der Waals surface area (Å²) in [6.07, 6.45) is 1.86. The van der Waals surface area contributed by atoms with E-state index in [1.54, 1.807) is 0 Å². The van der Waals surface area contributed by atoms with E-state index in [2.05, 4.69) is 0 Å². The van der Waals surface area contributed by atoms with Crippen molar-refractivity contribution in [2.24, 2.45) is 22.7 Å². The van der Waals surface area contributed by atoms with Crippen LogP contribution in [-0.2, 0) is 14.4 Å². The van der Waals surface area contributed by atoms with Crippen molar-refractivity contribution in [2.45, 2.75) is 73.3 Å². The highest BCUT2D eigenvalue weighted by Gasteiger charge is 2.39. The first kappa shape index (κ1) is 19.0. The lowest BCUT2D eigenvalue weighted by Gasteiger charge is -2.34. The third-order valence-corrected chi connectivity index (χ3v) is 4.77. The molecular weight excluding hydrogens is 280 g/mol. The fourth-order valence-corrected chi connectivity index (χ4v) is 3.71. The summed E-state index contributed by atoms with van der Waals surface area (Å²) in [5.41, 5.74) is -0.716. The summed E-state index contributed by atoms with van der Waals surface area (Å²) >= 11 is 0. The molecular formula is C18H30O4. The van der Waals surface area contributed by atoms with Gasteiger partial charge < -0.3 is 5.11 Å². The number of ketones is 3. The van der Waals surface area contributed by atoms with Crippen LogP contribution in [0, 0.1) is 22.7 Å². The summed E-state index contributed by atoms with van der Waals surface area (Å²) in [6.45, 7) is 11.3. The Hall–Kier alpha value is -1.03. The number of carbonyl (C=O) groups excluding carboxylic acids is 3. The highest BCUT2D eigenvalue weighted by Crippen LogP contribution is 2.35. The minimum absolute atomic E-state index is 0.0359. The summed E-state index contributed by atoms with van der Waals surface area (Å²) in [4.78, 5) is 34.0. The Morgan fingerprint density at radius 2 is 1.41 bits per heavy atom. The molecule has 4 heteroatoms. The van der Waals surface area contributed by atoms with Crippen LogP contribution in [0.15, 0.2) is 0 Å². The molecule has 2 fully saturated rings. The molecule has 0 aromatic carbocycles. The molecule has 0 bridgehead atoms. The predicted molar refractivity (Wildman–Crippen MR) is 85.4 cm³/mol. The number of hydrogen-bond donors (Lipinski definition) is 1. The molecule has 3 atom stereocenters. The van der Waals surface area contributed by atoms with Crippen LogP contribution < -0.4 is 0 Å². The normalized spacial score (nSPS) is 34.0. The monoisotopic (exact) mass is 310 g/mol. The van der Waals surface area contributed by atoms with Crippen molar-refractivity contribution in [3.8, 4) is 0 Å². The van der Waals surface area contributed by atoms with E-state index in [9.17, 15) is 19.5 Å². The minimum atomic E-state index is -0.408. The zero-order valence-corrected chi connectivity index (χ0v) is 14.7. The first-order valence-corrected chi connectivity index (χ1v) is 8.15. The van der Waals surface area contributed by atoms with E-state index in [1.165, 1.54) is 0 Å². The molecule has 0 heterocycles. The van der Waals surface area contributed by atoms with E-state index < -0.39 is 5.41 Å².